The average molecular weight is 495 g/mol. The summed E-state index contributed by atoms with van der Waals surface area (Å²) in [5, 5.41) is 3.27. The molecule has 0 saturated carbocycles. The van der Waals surface area contributed by atoms with Crippen molar-refractivity contribution in [3.63, 3.8) is 0 Å². The minimum atomic E-state index is -0.236. The van der Waals surface area contributed by atoms with Gasteiger partial charge in [0, 0.05) is 12.7 Å². The predicted molar refractivity (Wildman–Crippen MR) is 141 cm³/mol. The number of carbonyl (C=O) groups excluding carboxylic acids is 1. The largest absolute Gasteiger partial charge is 0.497 e. The molecule has 9 heteroatoms. The number of nitrogens with zero attached hydrogens (tertiary/aromatic N) is 3. The Labute approximate surface area is 207 Å². The zero-order valence-electron chi connectivity index (χ0n) is 19.5. The zero-order chi connectivity index (χ0) is 24.4. The van der Waals surface area contributed by atoms with Gasteiger partial charge in [-0.1, -0.05) is 56.0 Å². The van der Waals surface area contributed by atoms with E-state index in [1.54, 1.807) is 24.3 Å². The van der Waals surface area contributed by atoms with E-state index >= 15 is 0 Å². The molecule has 0 radical (unpaired) electrons. The van der Waals surface area contributed by atoms with E-state index < -0.39 is 0 Å². The summed E-state index contributed by atoms with van der Waals surface area (Å²) in [6.45, 7) is 7.07. The van der Waals surface area contributed by atoms with Crippen LogP contribution in [0.1, 0.15) is 30.5 Å². The van der Waals surface area contributed by atoms with Crippen LogP contribution < -0.4 is 15.6 Å². The number of anilines is 1. The summed E-state index contributed by atoms with van der Waals surface area (Å²) in [5.41, 5.74) is 2.52. The van der Waals surface area contributed by atoms with Crippen LogP contribution in [0.3, 0.4) is 0 Å². The first-order valence-corrected chi connectivity index (χ1v) is 12.1. The summed E-state index contributed by atoms with van der Waals surface area (Å²) >= 11 is 6.69. The molecule has 34 heavy (non-hydrogen) atoms. The van der Waals surface area contributed by atoms with Gasteiger partial charge in [0.1, 0.15) is 21.5 Å². The summed E-state index contributed by atoms with van der Waals surface area (Å²) in [5.74, 6) is 1.33. The van der Waals surface area contributed by atoms with Crippen LogP contribution in [0.5, 0.6) is 5.75 Å². The first-order valence-electron chi connectivity index (χ1n) is 10.9. The van der Waals surface area contributed by atoms with Gasteiger partial charge in [-0.2, -0.15) is 0 Å². The highest BCUT2D eigenvalue weighted by molar-refractivity contribution is 8.26. The molecule has 0 unspecified atom stereocenters. The number of benzene rings is 1. The number of hydrogen-bond acceptors (Lipinski definition) is 7. The van der Waals surface area contributed by atoms with Crippen LogP contribution in [-0.2, 0) is 11.3 Å². The summed E-state index contributed by atoms with van der Waals surface area (Å²) in [4.78, 5) is 33.3. The van der Waals surface area contributed by atoms with Gasteiger partial charge in [0.15, 0.2) is 0 Å². The molecule has 176 valence electrons. The fourth-order valence-electron chi connectivity index (χ4n) is 3.51. The molecule has 2 aromatic heterocycles. The van der Waals surface area contributed by atoms with E-state index in [2.05, 4.69) is 24.1 Å². The monoisotopic (exact) mass is 494 g/mol. The summed E-state index contributed by atoms with van der Waals surface area (Å²) in [7, 11) is 1.61. The Balaban J connectivity index is 1.71. The molecule has 0 atom stereocenters. The number of carbonyl (C=O) groups is 1. The number of ether oxygens (including phenoxy) is 1. The Kier molecular flexibility index (Phi) is 7.04. The Hall–Kier alpha value is -3.17. The van der Waals surface area contributed by atoms with Crippen molar-refractivity contribution in [2.45, 2.75) is 27.3 Å². The van der Waals surface area contributed by atoms with Gasteiger partial charge in [-0.05, 0) is 48.2 Å². The molecule has 1 N–H and O–H groups in total. The van der Waals surface area contributed by atoms with Crippen LogP contribution in [0.15, 0.2) is 52.3 Å². The number of thiocarbonyl (C=S) groups is 1. The topological polar surface area (TPSA) is 75.9 Å². The number of nitrogens with one attached hydrogen (secondary N) is 1. The average Bonchev–Trinajstić information content (AvgIpc) is 3.08. The predicted octanol–water partition coefficient (Wildman–Crippen LogP) is 4.48. The smallest absolute Gasteiger partial charge is 0.267 e. The van der Waals surface area contributed by atoms with Crippen molar-refractivity contribution in [3.05, 3.63) is 74.5 Å². The summed E-state index contributed by atoms with van der Waals surface area (Å²) < 4.78 is 7.16. The molecule has 0 spiro atoms. The quantitative estimate of drug-likeness (QED) is 0.383. The van der Waals surface area contributed by atoms with Crippen molar-refractivity contribution in [1.29, 1.82) is 0 Å². The highest BCUT2D eigenvalue weighted by Crippen LogP contribution is 2.34. The number of aryl methyl sites for hydroxylation is 1. The van der Waals surface area contributed by atoms with Crippen molar-refractivity contribution < 1.29 is 9.53 Å². The Morgan fingerprint density at radius 1 is 1.18 bits per heavy atom. The number of aromatic nitrogens is 2. The van der Waals surface area contributed by atoms with E-state index in [-0.39, 0.29) is 11.5 Å². The molecule has 1 aromatic carbocycles. The maximum Gasteiger partial charge on any atom is 0.267 e. The van der Waals surface area contributed by atoms with Crippen molar-refractivity contribution in [2.24, 2.45) is 5.92 Å². The molecule has 1 saturated heterocycles. The first-order chi connectivity index (χ1) is 16.3. The number of methoxy groups -OCH3 is 1. The van der Waals surface area contributed by atoms with E-state index in [0.717, 1.165) is 16.9 Å². The minimum absolute atomic E-state index is 0.227. The minimum Gasteiger partial charge on any atom is -0.497 e. The second-order valence-corrected chi connectivity index (χ2v) is 10.2. The van der Waals surface area contributed by atoms with Gasteiger partial charge in [0.2, 0.25) is 0 Å². The van der Waals surface area contributed by atoms with Crippen molar-refractivity contribution in [2.75, 3.05) is 19.0 Å². The highest BCUT2D eigenvalue weighted by Gasteiger charge is 2.32. The molecule has 0 aliphatic carbocycles. The van der Waals surface area contributed by atoms with Crippen LogP contribution in [0, 0.1) is 12.8 Å². The van der Waals surface area contributed by atoms with Gasteiger partial charge in [0.05, 0.1) is 24.1 Å². The lowest BCUT2D eigenvalue weighted by atomic mass is 10.2. The Bertz CT molecular complexity index is 1350. The normalized spacial score (nSPS) is 15.1. The second kappa shape index (κ2) is 9.99. The maximum atomic E-state index is 13.4. The second-order valence-electron chi connectivity index (χ2n) is 8.50. The SMILES string of the molecule is COc1ccc(CN2C(=O)/C(=C/c3c(NCC(C)C)nc4ccc(C)cn4c3=O)SC2=S)cc1. The van der Waals surface area contributed by atoms with E-state index in [4.69, 9.17) is 17.0 Å². The first kappa shape index (κ1) is 24.0. The highest BCUT2D eigenvalue weighted by atomic mass is 32.2. The summed E-state index contributed by atoms with van der Waals surface area (Å²) in [6, 6.07) is 11.2. The number of hydrogen-bond donors (Lipinski definition) is 1. The third-order valence-electron chi connectivity index (χ3n) is 5.33. The molecule has 1 aliphatic rings. The molecule has 1 aliphatic heterocycles. The Morgan fingerprint density at radius 2 is 1.91 bits per heavy atom. The lowest BCUT2D eigenvalue weighted by Gasteiger charge is -2.15. The number of fused-ring (bicyclic) bond motifs is 1. The zero-order valence-corrected chi connectivity index (χ0v) is 21.1. The molecule has 4 rings (SSSR count). The molecule has 1 fully saturated rings. The fraction of sp³-hybridized carbons (Fsp3) is 0.280. The molecule has 7 nitrogen and oxygen atoms in total. The van der Waals surface area contributed by atoms with Crippen molar-refractivity contribution in [1.82, 2.24) is 14.3 Å². The van der Waals surface area contributed by atoms with Crippen LogP contribution in [0.2, 0.25) is 0 Å². The van der Waals surface area contributed by atoms with Gasteiger partial charge in [-0.3, -0.25) is 18.9 Å². The van der Waals surface area contributed by atoms with Crippen LogP contribution >= 0.6 is 24.0 Å². The van der Waals surface area contributed by atoms with Crippen LogP contribution in [0.25, 0.3) is 11.7 Å². The molecule has 1 amide bonds. The number of amides is 1. The van der Waals surface area contributed by atoms with E-state index in [9.17, 15) is 9.59 Å². The van der Waals surface area contributed by atoms with Crippen LogP contribution in [-0.4, -0.2) is 38.2 Å². The van der Waals surface area contributed by atoms with Crippen molar-refractivity contribution in [3.8, 4) is 5.75 Å². The number of thioether (sulfide) groups is 1. The fourth-order valence-corrected chi connectivity index (χ4v) is 4.74. The van der Waals surface area contributed by atoms with Gasteiger partial charge < -0.3 is 10.1 Å². The lowest BCUT2D eigenvalue weighted by molar-refractivity contribution is -0.122. The number of rotatable bonds is 7. The van der Waals surface area contributed by atoms with Gasteiger partial charge in [-0.25, -0.2) is 4.98 Å². The van der Waals surface area contributed by atoms with Gasteiger partial charge >= 0.3 is 0 Å². The van der Waals surface area contributed by atoms with E-state index in [1.165, 1.54) is 16.2 Å². The molecular weight excluding hydrogens is 468 g/mol. The molecular formula is C25H26N4O3S2. The van der Waals surface area contributed by atoms with Gasteiger partial charge in [-0.15, -0.1) is 0 Å². The Morgan fingerprint density at radius 3 is 2.59 bits per heavy atom. The number of pyridine rings is 1. The van der Waals surface area contributed by atoms with E-state index in [0.29, 0.717) is 45.3 Å². The standard InChI is InChI=1S/C25H26N4O3S2/c1-15(2)12-26-22-19(23(30)28-13-16(3)5-10-21(28)27-22)11-20-24(31)29(25(33)34-20)14-17-6-8-18(32-4)9-7-17/h5-11,13,15,26H,12,14H2,1-4H3/b20-11-. The molecule has 0 bridgehead atoms. The molecule has 3 heterocycles. The third kappa shape index (κ3) is 5.00. The lowest BCUT2D eigenvalue weighted by Crippen LogP contribution is -2.27. The third-order valence-corrected chi connectivity index (χ3v) is 6.71. The van der Waals surface area contributed by atoms with Gasteiger partial charge in [0.25, 0.3) is 11.5 Å². The maximum absolute atomic E-state index is 13.4. The van der Waals surface area contributed by atoms with Crippen molar-refractivity contribution >= 4 is 51.7 Å². The van der Waals surface area contributed by atoms with Crippen LogP contribution in [0.4, 0.5) is 5.82 Å². The molecule has 3 aromatic rings. The summed E-state index contributed by atoms with van der Waals surface area (Å²) in [6.07, 6.45) is 3.36. The van der Waals surface area contributed by atoms with E-state index in [1.807, 2.05) is 43.3 Å².